The minimum Gasteiger partial charge on any atom is -0.379 e. The lowest BCUT2D eigenvalue weighted by Gasteiger charge is -2.35. The van der Waals surface area contributed by atoms with Crippen LogP contribution in [0.2, 0.25) is 0 Å². The van der Waals surface area contributed by atoms with Crippen LogP contribution >= 0.6 is 11.3 Å². The highest BCUT2D eigenvalue weighted by atomic mass is 32.1. The first kappa shape index (κ1) is 22.6. The lowest BCUT2D eigenvalue weighted by atomic mass is 10.0. The van der Waals surface area contributed by atoms with Crippen LogP contribution in [0.5, 0.6) is 0 Å². The number of aryl methyl sites for hydroxylation is 3. The molecule has 170 valence electrons. The first-order valence-electron chi connectivity index (χ1n) is 10.7. The first-order chi connectivity index (χ1) is 15.4. The van der Waals surface area contributed by atoms with Gasteiger partial charge in [-0.2, -0.15) is 0 Å². The number of rotatable bonds is 7. The van der Waals surface area contributed by atoms with Gasteiger partial charge in [0.15, 0.2) is 0 Å². The summed E-state index contributed by atoms with van der Waals surface area (Å²) in [5.74, 6) is 0.0752. The van der Waals surface area contributed by atoms with Crippen molar-refractivity contribution < 1.29 is 13.9 Å². The second-order valence-corrected chi connectivity index (χ2v) is 9.20. The minimum absolute atomic E-state index is 0.134. The van der Waals surface area contributed by atoms with Gasteiger partial charge in [-0.05, 0) is 37.1 Å². The lowest BCUT2D eigenvalue weighted by Crippen LogP contribution is -2.43. The van der Waals surface area contributed by atoms with E-state index in [-0.39, 0.29) is 29.7 Å². The number of H-pyrrole nitrogens is 1. The Morgan fingerprint density at radius 2 is 2.12 bits per heavy atom. The average molecular weight is 459 g/mol. The zero-order chi connectivity index (χ0) is 22.7. The van der Waals surface area contributed by atoms with Gasteiger partial charge in [0, 0.05) is 37.4 Å². The molecule has 1 fully saturated rings. The van der Waals surface area contributed by atoms with Crippen LogP contribution in [-0.4, -0.2) is 53.6 Å². The van der Waals surface area contributed by atoms with Crippen LogP contribution in [0.1, 0.15) is 34.3 Å². The number of amides is 1. The molecule has 3 heterocycles. The van der Waals surface area contributed by atoms with E-state index in [4.69, 9.17) is 4.74 Å². The molecule has 1 atom stereocenters. The van der Waals surface area contributed by atoms with Crippen molar-refractivity contribution in [3.05, 3.63) is 62.3 Å². The fourth-order valence-electron chi connectivity index (χ4n) is 4.01. The quantitative estimate of drug-likeness (QED) is 0.569. The fraction of sp³-hybridized carbons (Fsp3) is 0.435. The zero-order valence-electron chi connectivity index (χ0n) is 18.2. The highest BCUT2D eigenvalue weighted by Gasteiger charge is 2.23. The van der Waals surface area contributed by atoms with Gasteiger partial charge in [0.05, 0.1) is 24.6 Å². The van der Waals surface area contributed by atoms with Gasteiger partial charge in [0.25, 0.3) is 5.56 Å². The van der Waals surface area contributed by atoms with E-state index in [1.807, 2.05) is 19.9 Å². The SMILES string of the molecule is Cc1sc2nc(CCC(=O)NCC(c3cccc(F)c3)N3CCOCC3)[nH]c(=O)c2c1C. The van der Waals surface area contributed by atoms with E-state index in [0.717, 1.165) is 29.1 Å². The van der Waals surface area contributed by atoms with Crippen molar-refractivity contribution in [2.24, 2.45) is 0 Å². The summed E-state index contributed by atoms with van der Waals surface area (Å²) in [5.41, 5.74) is 1.62. The first-order valence-corrected chi connectivity index (χ1v) is 11.6. The van der Waals surface area contributed by atoms with E-state index < -0.39 is 0 Å². The Hall–Kier alpha value is -2.62. The molecular formula is C23H27FN4O3S. The Kier molecular flexibility index (Phi) is 6.98. The minimum atomic E-state index is -0.295. The Morgan fingerprint density at radius 3 is 2.88 bits per heavy atom. The summed E-state index contributed by atoms with van der Waals surface area (Å²) in [6.07, 6.45) is 0.548. The van der Waals surface area contributed by atoms with Crippen LogP contribution < -0.4 is 10.9 Å². The number of carbonyl (C=O) groups excluding carboxylic acids is 1. The van der Waals surface area contributed by atoms with Crippen LogP contribution in [0.4, 0.5) is 4.39 Å². The molecule has 3 aromatic rings. The monoisotopic (exact) mass is 458 g/mol. The molecule has 0 saturated carbocycles. The molecule has 0 bridgehead atoms. The third kappa shape index (κ3) is 5.06. The standard InChI is InChI=1S/C23H27FN4O3S/c1-14-15(2)32-23-21(14)22(30)26-19(27-23)6-7-20(29)25-13-18(28-8-10-31-11-9-28)16-4-3-5-17(24)12-16/h3-5,12,18H,6-11,13H2,1-2H3,(H,25,29)(H,26,27,30). The van der Waals surface area contributed by atoms with Crippen LogP contribution in [0.3, 0.4) is 0 Å². The number of nitrogens with one attached hydrogen (secondary N) is 2. The maximum Gasteiger partial charge on any atom is 0.259 e. The van der Waals surface area contributed by atoms with Crippen molar-refractivity contribution >= 4 is 27.5 Å². The number of carbonyl (C=O) groups is 1. The summed E-state index contributed by atoms with van der Waals surface area (Å²) >= 11 is 1.49. The third-order valence-corrected chi connectivity index (χ3v) is 6.99. The van der Waals surface area contributed by atoms with Crippen LogP contribution in [0.15, 0.2) is 29.1 Å². The maximum absolute atomic E-state index is 13.8. The maximum atomic E-state index is 13.8. The van der Waals surface area contributed by atoms with Crippen LogP contribution in [0, 0.1) is 19.7 Å². The van der Waals surface area contributed by atoms with E-state index in [1.54, 1.807) is 6.07 Å². The molecule has 1 aromatic carbocycles. The summed E-state index contributed by atoms with van der Waals surface area (Å²) in [7, 11) is 0. The number of halogens is 1. The molecule has 0 aliphatic carbocycles. The molecule has 1 unspecified atom stereocenters. The molecular weight excluding hydrogens is 431 g/mol. The number of thiophene rings is 1. The highest BCUT2D eigenvalue weighted by Crippen LogP contribution is 2.26. The van der Waals surface area contributed by atoms with Gasteiger partial charge in [-0.15, -0.1) is 11.3 Å². The van der Waals surface area contributed by atoms with Gasteiger partial charge in [-0.3, -0.25) is 14.5 Å². The summed E-state index contributed by atoms with van der Waals surface area (Å²) < 4.78 is 19.2. The van der Waals surface area contributed by atoms with Gasteiger partial charge in [-0.1, -0.05) is 12.1 Å². The smallest absolute Gasteiger partial charge is 0.259 e. The third-order valence-electron chi connectivity index (χ3n) is 5.89. The van der Waals surface area contributed by atoms with E-state index in [0.29, 0.717) is 42.2 Å². The number of nitrogens with zero attached hydrogens (tertiary/aromatic N) is 2. The molecule has 1 saturated heterocycles. The Bertz CT molecular complexity index is 1170. The van der Waals surface area contributed by atoms with Gasteiger partial charge in [-0.25, -0.2) is 9.37 Å². The molecule has 0 spiro atoms. The molecule has 4 rings (SSSR count). The normalized spacial score (nSPS) is 15.7. The molecule has 1 amide bonds. The molecule has 1 aliphatic rings. The van der Waals surface area contributed by atoms with E-state index in [9.17, 15) is 14.0 Å². The number of aromatic nitrogens is 2. The largest absolute Gasteiger partial charge is 0.379 e. The van der Waals surface area contributed by atoms with Crippen LogP contribution in [-0.2, 0) is 16.0 Å². The van der Waals surface area contributed by atoms with Crippen molar-refractivity contribution in [1.29, 1.82) is 0 Å². The lowest BCUT2D eigenvalue weighted by molar-refractivity contribution is -0.121. The summed E-state index contributed by atoms with van der Waals surface area (Å²) in [6, 6.07) is 6.36. The van der Waals surface area contributed by atoms with Crippen molar-refractivity contribution in [1.82, 2.24) is 20.2 Å². The number of morpholine rings is 1. The average Bonchev–Trinajstić information content (AvgIpc) is 3.07. The summed E-state index contributed by atoms with van der Waals surface area (Å²) in [4.78, 5) is 36.3. The molecule has 0 radical (unpaired) electrons. The topological polar surface area (TPSA) is 87.3 Å². The molecule has 32 heavy (non-hydrogen) atoms. The van der Waals surface area contributed by atoms with Gasteiger partial charge < -0.3 is 15.0 Å². The van der Waals surface area contributed by atoms with Gasteiger partial charge in [0.2, 0.25) is 5.91 Å². The molecule has 9 heteroatoms. The molecule has 1 aliphatic heterocycles. The zero-order valence-corrected chi connectivity index (χ0v) is 19.1. The number of ether oxygens (including phenoxy) is 1. The van der Waals surface area contributed by atoms with Gasteiger partial charge >= 0.3 is 0 Å². The second-order valence-electron chi connectivity index (χ2n) is 8.00. The van der Waals surface area contributed by atoms with Crippen molar-refractivity contribution in [3.63, 3.8) is 0 Å². The van der Waals surface area contributed by atoms with E-state index in [2.05, 4.69) is 20.2 Å². The molecule has 7 nitrogen and oxygen atoms in total. The number of hydrogen-bond acceptors (Lipinski definition) is 6. The highest BCUT2D eigenvalue weighted by molar-refractivity contribution is 7.18. The van der Waals surface area contributed by atoms with Crippen LogP contribution in [0.25, 0.3) is 10.2 Å². The fourth-order valence-corrected chi connectivity index (χ4v) is 5.06. The van der Waals surface area contributed by atoms with E-state index in [1.165, 1.54) is 23.5 Å². The van der Waals surface area contributed by atoms with Crippen molar-refractivity contribution in [2.45, 2.75) is 32.7 Å². The predicted molar refractivity (Wildman–Crippen MR) is 123 cm³/mol. The Labute approximate surface area is 189 Å². The second kappa shape index (κ2) is 9.89. The van der Waals surface area contributed by atoms with Crippen molar-refractivity contribution in [2.75, 3.05) is 32.8 Å². The number of benzene rings is 1. The number of aromatic amines is 1. The summed E-state index contributed by atoms with van der Waals surface area (Å²) in [6.45, 7) is 6.93. The molecule has 2 aromatic heterocycles. The van der Waals surface area contributed by atoms with E-state index >= 15 is 0 Å². The van der Waals surface area contributed by atoms with Gasteiger partial charge in [0.1, 0.15) is 16.5 Å². The summed E-state index contributed by atoms with van der Waals surface area (Å²) in [5, 5.41) is 3.60. The number of fused-ring (bicyclic) bond motifs is 1. The predicted octanol–water partition coefficient (Wildman–Crippen LogP) is 2.86. The Balaban J connectivity index is 1.40. The molecule has 2 N–H and O–H groups in total. The van der Waals surface area contributed by atoms with Crippen molar-refractivity contribution in [3.8, 4) is 0 Å². The Morgan fingerprint density at radius 1 is 1.34 bits per heavy atom. The number of hydrogen-bond donors (Lipinski definition) is 2.